The van der Waals surface area contributed by atoms with E-state index in [0.717, 1.165) is 32.4 Å². The number of hydrogen-bond acceptors (Lipinski definition) is 3. The number of amides is 1. The third-order valence-electron chi connectivity index (χ3n) is 3.20. The number of likely N-dealkylation sites (tertiary alicyclic amines) is 1. The summed E-state index contributed by atoms with van der Waals surface area (Å²) in [6.45, 7) is 9.40. The Bertz CT molecular complexity index is 271. The zero-order valence-electron chi connectivity index (χ0n) is 12.2. The SMILES string of the molecule is C[C@@H](N)CCC1CCCN(C(=O)OC(C)(C)C)C1. The van der Waals surface area contributed by atoms with Crippen molar-refractivity contribution in [1.82, 2.24) is 4.90 Å². The predicted molar refractivity (Wildman–Crippen MR) is 73.4 cm³/mol. The summed E-state index contributed by atoms with van der Waals surface area (Å²) in [5.74, 6) is 0.581. The Hall–Kier alpha value is -0.770. The molecule has 1 amide bonds. The summed E-state index contributed by atoms with van der Waals surface area (Å²) in [5, 5.41) is 0. The van der Waals surface area contributed by atoms with Gasteiger partial charge in [0.25, 0.3) is 0 Å². The fraction of sp³-hybridized carbons (Fsp3) is 0.929. The van der Waals surface area contributed by atoms with Crippen molar-refractivity contribution >= 4 is 6.09 Å². The maximum atomic E-state index is 12.0. The second kappa shape index (κ2) is 6.41. The summed E-state index contributed by atoms with van der Waals surface area (Å²) in [5.41, 5.74) is 5.38. The fourth-order valence-corrected chi connectivity index (χ4v) is 2.29. The number of hydrogen-bond donors (Lipinski definition) is 1. The molecule has 0 aromatic heterocycles. The van der Waals surface area contributed by atoms with E-state index < -0.39 is 5.60 Å². The quantitative estimate of drug-likeness (QED) is 0.844. The molecule has 1 unspecified atom stereocenters. The Labute approximate surface area is 111 Å². The van der Waals surface area contributed by atoms with Crippen molar-refractivity contribution in [2.45, 2.75) is 65.0 Å². The average molecular weight is 256 g/mol. The lowest BCUT2D eigenvalue weighted by molar-refractivity contribution is 0.0160. The van der Waals surface area contributed by atoms with Gasteiger partial charge in [0.05, 0.1) is 0 Å². The first-order chi connectivity index (χ1) is 8.28. The van der Waals surface area contributed by atoms with Crippen LogP contribution >= 0.6 is 0 Å². The summed E-state index contributed by atoms with van der Waals surface area (Å²) in [7, 11) is 0. The minimum Gasteiger partial charge on any atom is -0.444 e. The Kier molecular flexibility index (Phi) is 5.45. The third kappa shape index (κ3) is 5.71. The zero-order valence-corrected chi connectivity index (χ0v) is 12.2. The number of nitrogens with zero attached hydrogens (tertiary/aromatic N) is 1. The monoisotopic (exact) mass is 256 g/mol. The van der Waals surface area contributed by atoms with Crippen LogP contribution in [0.4, 0.5) is 4.79 Å². The first kappa shape index (κ1) is 15.3. The molecule has 1 fully saturated rings. The number of carbonyl (C=O) groups is 1. The van der Waals surface area contributed by atoms with E-state index in [0.29, 0.717) is 5.92 Å². The normalized spacial score (nSPS) is 22.7. The number of piperidine rings is 1. The lowest BCUT2D eigenvalue weighted by atomic mass is 9.92. The molecule has 0 aromatic rings. The second-order valence-corrected chi connectivity index (χ2v) is 6.49. The van der Waals surface area contributed by atoms with Crippen LogP contribution in [0.5, 0.6) is 0 Å². The van der Waals surface area contributed by atoms with Gasteiger partial charge < -0.3 is 15.4 Å². The van der Waals surface area contributed by atoms with Crippen LogP contribution in [0, 0.1) is 5.92 Å². The van der Waals surface area contributed by atoms with Crippen LogP contribution in [0.25, 0.3) is 0 Å². The van der Waals surface area contributed by atoms with Crippen molar-refractivity contribution in [2.75, 3.05) is 13.1 Å². The van der Waals surface area contributed by atoms with Crippen LogP contribution < -0.4 is 5.73 Å². The molecular weight excluding hydrogens is 228 g/mol. The van der Waals surface area contributed by atoms with Gasteiger partial charge in [-0.2, -0.15) is 0 Å². The van der Waals surface area contributed by atoms with E-state index in [-0.39, 0.29) is 12.1 Å². The highest BCUT2D eigenvalue weighted by molar-refractivity contribution is 5.68. The molecule has 2 atom stereocenters. The summed E-state index contributed by atoms with van der Waals surface area (Å²) < 4.78 is 5.41. The van der Waals surface area contributed by atoms with Gasteiger partial charge in [0.1, 0.15) is 5.60 Å². The van der Waals surface area contributed by atoms with Gasteiger partial charge >= 0.3 is 6.09 Å². The molecule has 1 heterocycles. The molecule has 1 aliphatic heterocycles. The van der Waals surface area contributed by atoms with Crippen LogP contribution in [0.2, 0.25) is 0 Å². The lowest BCUT2D eigenvalue weighted by Crippen LogP contribution is -2.43. The van der Waals surface area contributed by atoms with E-state index in [1.807, 2.05) is 32.6 Å². The molecule has 4 nitrogen and oxygen atoms in total. The summed E-state index contributed by atoms with van der Waals surface area (Å²) >= 11 is 0. The summed E-state index contributed by atoms with van der Waals surface area (Å²) in [6, 6.07) is 0.252. The van der Waals surface area contributed by atoms with Crippen LogP contribution in [0.3, 0.4) is 0 Å². The van der Waals surface area contributed by atoms with E-state index in [2.05, 4.69) is 0 Å². The highest BCUT2D eigenvalue weighted by Crippen LogP contribution is 2.23. The number of nitrogens with two attached hydrogens (primary N) is 1. The van der Waals surface area contributed by atoms with Crippen molar-refractivity contribution in [3.63, 3.8) is 0 Å². The van der Waals surface area contributed by atoms with Crippen LogP contribution in [-0.2, 0) is 4.74 Å². The first-order valence-corrected chi connectivity index (χ1v) is 7.01. The van der Waals surface area contributed by atoms with E-state index >= 15 is 0 Å². The number of rotatable bonds is 3. The number of carbonyl (C=O) groups excluding carboxylic acids is 1. The van der Waals surface area contributed by atoms with E-state index in [1.54, 1.807) is 0 Å². The molecule has 0 aliphatic carbocycles. The molecule has 1 saturated heterocycles. The van der Waals surface area contributed by atoms with E-state index in [1.165, 1.54) is 6.42 Å². The molecule has 0 radical (unpaired) electrons. The van der Waals surface area contributed by atoms with Crippen molar-refractivity contribution in [3.8, 4) is 0 Å². The molecule has 18 heavy (non-hydrogen) atoms. The predicted octanol–water partition coefficient (Wildman–Crippen LogP) is 2.76. The van der Waals surface area contributed by atoms with E-state index in [4.69, 9.17) is 10.5 Å². The van der Waals surface area contributed by atoms with Crippen molar-refractivity contribution in [1.29, 1.82) is 0 Å². The minimum absolute atomic E-state index is 0.173. The zero-order chi connectivity index (χ0) is 13.8. The molecule has 4 heteroatoms. The van der Waals surface area contributed by atoms with Gasteiger partial charge in [-0.25, -0.2) is 4.79 Å². The highest BCUT2D eigenvalue weighted by Gasteiger charge is 2.27. The Morgan fingerprint density at radius 3 is 2.72 bits per heavy atom. The lowest BCUT2D eigenvalue weighted by Gasteiger charge is -2.34. The number of ether oxygens (including phenoxy) is 1. The van der Waals surface area contributed by atoms with Crippen molar-refractivity contribution in [2.24, 2.45) is 11.7 Å². The van der Waals surface area contributed by atoms with Gasteiger partial charge in [-0.15, -0.1) is 0 Å². The second-order valence-electron chi connectivity index (χ2n) is 6.49. The van der Waals surface area contributed by atoms with Gasteiger partial charge in [-0.3, -0.25) is 0 Å². The molecule has 1 rings (SSSR count). The van der Waals surface area contributed by atoms with E-state index in [9.17, 15) is 4.79 Å². The van der Waals surface area contributed by atoms with Crippen molar-refractivity contribution in [3.05, 3.63) is 0 Å². The van der Waals surface area contributed by atoms with Gasteiger partial charge in [0.2, 0.25) is 0 Å². The molecular formula is C14H28N2O2. The van der Waals surface area contributed by atoms with Crippen LogP contribution in [0.1, 0.15) is 53.4 Å². The summed E-state index contributed by atoms with van der Waals surface area (Å²) in [4.78, 5) is 13.8. The Morgan fingerprint density at radius 2 is 2.17 bits per heavy atom. The minimum atomic E-state index is -0.407. The van der Waals surface area contributed by atoms with Crippen LogP contribution in [-0.4, -0.2) is 35.7 Å². The molecule has 0 aromatic carbocycles. The smallest absolute Gasteiger partial charge is 0.410 e. The molecule has 0 bridgehead atoms. The van der Waals surface area contributed by atoms with Crippen molar-refractivity contribution < 1.29 is 9.53 Å². The fourth-order valence-electron chi connectivity index (χ4n) is 2.29. The Balaban J connectivity index is 2.40. The average Bonchev–Trinajstić information content (AvgIpc) is 2.24. The first-order valence-electron chi connectivity index (χ1n) is 7.01. The summed E-state index contributed by atoms with van der Waals surface area (Å²) in [6.07, 6.45) is 4.24. The largest absolute Gasteiger partial charge is 0.444 e. The molecule has 2 N–H and O–H groups in total. The maximum absolute atomic E-state index is 12.0. The Morgan fingerprint density at radius 1 is 1.50 bits per heavy atom. The highest BCUT2D eigenvalue weighted by atomic mass is 16.6. The van der Waals surface area contributed by atoms with Crippen LogP contribution in [0.15, 0.2) is 0 Å². The topological polar surface area (TPSA) is 55.6 Å². The van der Waals surface area contributed by atoms with Gasteiger partial charge in [-0.05, 0) is 59.3 Å². The van der Waals surface area contributed by atoms with Gasteiger partial charge in [-0.1, -0.05) is 0 Å². The molecule has 106 valence electrons. The van der Waals surface area contributed by atoms with Gasteiger partial charge in [0, 0.05) is 19.1 Å². The third-order valence-corrected chi connectivity index (χ3v) is 3.20. The molecule has 0 saturated carbocycles. The molecule has 0 spiro atoms. The molecule has 1 aliphatic rings. The standard InChI is InChI=1S/C14H28N2O2/c1-11(15)7-8-12-6-5-9-16(10-12)13(17)18-14(2,3)4/h11-12H,5-10,15H2,1-4H3/t11-,12?/m1/s1. The maximum Gasteiger partial charge on any atom is 0.410 e. The van der Waals surface area contributed by atoms with Gasteiger partial charge in [0.15, 0.2) is 0 Å².